The Labute approximate surface area is 102 Å². The molecular weight excluding hydrogens is 271 g/mol. The Hall–Kier alpha value is -1.16. The topological polar surface area (TPSA) is 17.8 Å². The van der Waals surface area contributed by atoms with Crippen molar-refractivity contribution in [3.05, 3.63) is 40.8 Å². The molecule has 0 unspecified atom stereocenters. The molecule has 0 radical (unpaired) electrons. The maximum absolute atomic E-state index is 13.2. The molecule has 1 heterocycles. The van der Waals surface area contributed by atoms with Crippen molar-refractivity contribution >= 4 is 15.9 Å². The van der Waals surface area contributed by atoms with Crippen molar-refractivity contribution in [3.8, 4) is 11.3 Å². The standard InChI is InChI=1S/C12H12BrFN2/c1-8(2)16-12(11(13)7-15-16)9-4-3-5-10(14)6-9/h3-8H,1-2H3. The number of benzene rings is 1. The van der Waals surface area contributed by atoms with E-state index in [0.29, 0.717) is 0 Å². The first-order chi connectivity index (χ1) is 7.59. The summed E-state index contributed by atoms with van der Waals surface area (Å²) in [5.74, 6) is -0.235. The Morgan fingerprint density at radius 3 is 2.75 bits per heavy atom. The van der Waals surface area contributed by atoms with Crippen LogP contribution in [0.5, 0.6) is 0 Å². The summed E-state index contributed by atoms with van der Waals surface area (Å²) in [6.45, 7) is 4.09. The molecule has 0 spiro atoms. The smallest absolute Gasteiger partial charge is 0.123 e. The van der Waals surface area contributed by atoms with E-state index in [0.717, 1.165) is 15.7 Å². The highest BCUT2D eigenvalue weighted by Crippen LogP contribution is 2.30. The lowest BCUT2D eigenvalue weighted by Crippen LogP contribution is -2.04. The van der Waals surface area contributed by atoms with Gasteiger partial charge in [-0.3, -0.25) is 4.68 Å². The summed E-state index contributed by atoms with van der Waals surface area (Å²) in [5, 5.41) is 4.27. The van der Waals surface area contributed by atoms with Crippen molar-refractivity contribution in [1.82, 2.24) is 9.78 Å². The molecule has 0 aliphatic heterocycles. The zero-order valence-electron chi connectivity index (χ0n) is 9.11. The van der Waals surface area contributed by atoms with Gasteiger partial charge in [-0.05, 0) is 41.9 Å². The monoisotopic (exact) mass is 282 g/mol. The summed E-state index contributed by atoms with van der Waals surface area (Å²) in [4.78, 5) is 0. The predicted octanol–water partition coefficient (Wildman–Crippen LogP) is 4.03. The molecule has 16 heavy (non-hydrogen) atoms. The molecule has 0 N–H and O–H groups in total. The zero-order chi connectivity index (χ0) is 11.7. The number of nitrogens with zero attached hydrogens (tertiary/aromatic N) is 2. The van der Waals surface area contributed by atoms with Crippen LogP contribution in [-0.4, -0.2) is 9.78 Å². The molecule has 0 bridgehead atoms. The van der Waals surface area contributed by atoms with E-state index >= 15 is 0 Å². The molecule has 4 heteroatoms. The Bertz CT molecular complexity index is 505. The Morgan fingerprint density at radius 2 is 2.12 bits per heavy atom. The highest BCUT2D eigenvalue weighted by molar-refractivity contribution is 9.10. The van der Waals surface area contributed by atoms with Crippen LogP contribution in [0.4, 0.5) is 4.39 Å². The van der Waals surface area contributed by atoms with Crippen LogP contribution < -0.4 is 0 Å². The predicted molar refractivity (Wildman–Crippen MR) is 65.7 cm³/mol. The summed E-state index contributed by atoms with van der Waals surface area (Å²) >= 11 is 3.44. The third-order valence-electron chi connectivity index (χ3n) is 2.34. The van der Waals surface area contributed by atoms with Crippen molar-refractivity contribution in [1.29, 1.82) is 0 Å². The molecule has 2 rings (SSSR count). The third kappa shape index (κ3) is 2.02. The SMILES string of the molecule is CC(C)n1ncc(Br)c1-c1cccc(F)c1. The molecule has 0 aliphatic rings. The third-order valence-corrected chi connectivity index (χ3v) is 2.92. The van der Waals surface area contributed by atoms with Gasteiger partial charge in [0.05, 0.1) is 16.4 Å². The first-order valence-corrected chi connectivity index (χ1v) is 5.88. The fourth-order valence-corrected chi connectivity index (χ4v) is 2.14. The highest BCUT2D eigenvalue weighted by atomic mass is 79.9. The van der Waals surface area contributed by atoms with Gasteiger partial charge in [0.15, 0.2) is 0 Å². The maximum Gasteiger partial charge on any atom is 0.123 e. The molecule has 0 amide bonds. The lowest BCUT2D eigenvalue weighted by atomic mass is 10.1. The average molecular weight is 283 g/mol. The summed E-state index contributed by atoms with van der Waals surface area (Å²) < 4.78 is 15.9. The van der Waals surface area contributed by atoms with E-state index in [4.69, 9.17) is 0 Å². The second kappa shape index (κ2) is 4.37. The van der Waals surface area contributed by atoms with Crippen LogP contribution in [0.1, 0.15) is 19.9 Å². The molecule has 1 aromatic heterocycles. The second-order valence-electron chi connectivity index (χ2n) is 3.89. The number of hydrogen-bond donors (Lipinski definition) is 0. The van der Waals surface area contributed by atoms with Gasteiger partial charge in [0.2, 0.25) is 0 Å². The molecule has 0 saturated carbocycles. The van der Waals surface area contributed by atoms with Gasteiger partial charge in [0.25, 0.3) is 0 Å². The quantitative estimate of drug-likeness (QED) is 0.813. The van der Waals surface area contributed by atoms with Gasteiger partial charge >= 0.3 is 0 Å². The summed E-state index contributed by atoms with van der Waals surface area (Å²) in [7, 11) is 0. The minimum atomic E-state index is -0.235. The normalized spacial score (nSPS) is 11.1. The Balaban J connectivity index is 2.59. The lowest BCUT2D eigenvalue weighted by Gasteiger charge is -2.11. The van der Waals surface area contributed by atoms with Crippen LogP contribution in [0.25, 0.3) is 11.3 Å². The van der Waals surface area contributed by atoms with Gasteiger partial charge in [-0.15, -0.1) is 0 Å². The molecule has 0 aliphatic carbocycles. The summed E-state index contributed by atoms with van der Waals surface area (Å²) in [6, 6.07) is 6.77. The van der Waals surface area contributed by atoms with Crippen LogP contribution >= 0.6 is 15.9 Å². The highest BCUT2D eigenvalue weighted by Gasteiger charge is 2.13. The van der Waals surface area contributed by atoms with Crippen molar-refractivity contribution in [2.75, 3.05) is 0 Å². The number of hydrogen-bond acceptors (Lipinski definition) is 1. The van der Waals surface area contributed by atoms with E-state index < -0.39 is 0 Å². The van der Waals surface area contributed by atoms with Crippen molar-refractivity contribution in [3.63, 3.8) is 0 Å². The minimum absolute atomic E-state index is 0.235. The molecule has 0 saturated heterocycles. The first kappa shape index (κ1) is 11.3. The maximum atomic E-state index is 13.2. The Morgan fingerprint density at radius 1 is 1.38 bits per heavy atom. The van der Waals surface area contributed by atoms with E-state index in [1.165, 1.54) is 12.1 Å². The Kier molecular flexibility index (Phi) is 3.10. The van der Waals surface area contributed by atoms with Gasteiger partial charge in [0.1, 0.15) is 5.82 Å². The lowest BCUT2D eigenvalue weighted by molar-refractivity contribution is 0.538. The van der Waals surface area contributed by atoms with Crippen LogP contribution in [0, 0.1) is 5.82 Å². The van der Waals surface area contributed by atoms with E-state index in [1.54, 1.807) is 12.3 Å². The zero-order valence-corrected chi connectivity index (χ0v) is 10.7. The van der Waals surface area contributed by atoms with Gasteiger partial charge in [-0.2, -0.15) is 5.10 Å². The van der Waals surface area contributed by atoms with Crippen LogP contribution in [0.15, 0.2) is 34.9 Å². The fraction of sp³-hybridized carbons (Fsp3) is 0.250. The molecule has 0 fully saturated rings. The summed E-state index contributed by atoms with van der Waals surface area (Å²) in [6.07, 6.45) is 1.74. The molecule has 2 aromatic rings. The number of halogens is 2. The van der Waals surface area contributed by atoms with E-state index in [9.17, 15) is 4.39 Å². The number of rotatable bonds is 2. The first-order valence-electron chi connectivity index (χ1n) is 5.08. The largest absolute Gasteiger partial charge is 0.261 e. The van der Waals surface area contributed by atoms with E-state index in [-0.39, 0.29) is 11.9 Å². The van der Waals surface area contributed by atoms with Gasteiger partial charge in [-0.1, -0.05) is 12.1 Å². The van der Waals surface area contributed by atoms with Crippen molar-refractivity contribution in [2.45, 2.75) is 19.9 Å². The van der Waals surface area contributed by atoms with Crippen molar-refractivity contribution < 1.29 is 4.39 Å². The molecule has 84 valence electrons. The fourth-order valence-electron chi connectivity index (χ4n) is 1.64. The number of aromatic nitrogens is 2. The average Bonchev–Trinajstić information content (AvgIpc) is 2.60. The second-order valence-corrected chi connectivity index (χ2v) is 4.74. The summed E-state index contributed by atoms with van der Waals surface area (Å²) in [5.41, 5.74) is 1.74. The van der Waals surface area contributed by atoms with Gasteiger partial charge in [0, 0.05) is 11.6 Å². The van der Waals surface area contributed by atoms with E-state index in [2.05, 4.69) is 21.0 Å². The van der Waals surface area contributed by atoms with Gasteiger partial charge in [-0.25, -0.2) is 4.39 Å². The van der Waals surface area contributed by atoms with Crippen molar-refractivity contribution in [2.24, 2.45) is 0 Å². The van der Waals surface area contributed by atoms with E-state index in [1.807, 2.05) is 24.6 Å². The van der Waals surface area contributed by atoms with Crippen LogP contribution in [0.3, 0.4) is 0 Å². The molecule has 2 nitrogen and oxygen atoms in total. The molecule has 0 atom stereocenters. The van der Waals surface area contributed by atoms with Crippen LogP contribution in [0.2, 0.25) is 0 Å². The minimum Gasteiger partial charge on any atom is -0.261 e. The molecular formula is C12H12BrFN2. The van der Waals surface area contributed by atoms with Crippen LogP contribution in [-0.2, 0) is 0 Å². The van der Waals surface area contributed by atoms with Gasteiger partial charge < -0.3 is 0 Å². The molecule has 1 aromatic carbocycles.